The zero-order valence-electron chi connectivity index (χ0n) is 9.29. The quantitative estimate of drug-likeness (QED) is 0.778. The van der Waals surface area contributed by atoms with Crippen molar-refractivity contribution >= 4 is 21.7 Å². The van der Waals surface area contributed by atoms with Crippen molar-refractivity contribution in [2.75, 3.05) is 0 Å². The van der Waals surface area contributed by atoms with Crippen molar-refractivity contribution in [2.45, 2.75) is 6.42 Å². The van der Waals surface area contributed by atoms with Crippen LogP contribution in [0.3, 0.4) is 0 Å². The molecule has 0 fully saturated rings. The smallest absolute Gasteiger partial charge is 0.170 e. The third-order valence-corrected chi connectivity index (χ3v) is 3.12. The van der Waals surface area contributed by atoms with E-state index >= 15 is 0 Å². The van der Waals surface area contributed by atoms with Crippen LogP contribution in [0.15, 0.2) is 46.9 Å². The number of hydrogen-bond acceptors (Lipinski definition) is 1. The lowest BCUT2D eigenvalue weighted by atomic mass is 10.0. The van der Waals surface area contributed by atoms with E-state index in [-0.39, 0.29) is 22.2 Å². The van der Waals surface area contributed by atoms with Gasteiger partial charge in [-0.15, -0.1) is 0 Å². The molecule has 2 aromatic carbocycles. The van der Waals surface area contributed by atoms with Crippen LogP contribution >= 0.6 is 15.9 Å². The van der Waals surface area contributed by atoms with Crippen molar-refractivity contribution in [3.8, 4) is 0 Å². The van der Waals surface area contributed by atoms with Gasteiger partial charge in [-0.25, -0.2) is 8.78 Å². The van der Waals surface area contributed by atoms with Crippen LogP contribution in [-0.4, -0.2) is 5.78 Å². The molecule has 0 spiro atoms. The lowest BCUT2D eigenvalue weighted by Gasteiger charge is -2.04. The lowest BCUT2D eigenvalue weighted by Crippen LogP contribution is -2.06. The van der Waals surface area contributed by atoms with Gasteiger partial charge in [0.15, 0.2) is 5.78 Å². The summed E-state index contributed by atoms with van der Waals surface area (Å²) in [5.41, 5.74) is 0.535. The molecule has 0 aliphatic carbocycles. The first-order chi connectivity index (χ1) is 8.58. The van der Waals surface area contributed by atoms with Crippen molar-refractivity contribution in [1.82, 2.24) is 0 Å². The number of halogens is 3. The Balaban J connectivity index is 2.25. The molecule has 1 nitrogen and oxygen atoms in total. The summed E-state index contributed by atoms with van der Waals surface area (Å²) in [5.74, 6) is -1.37. The predicted molar refractivity (Wildman–Crippen MR) is 68.5 cm³/mol. The van der Waals surface area contributed by atoms with Gasteiger partial charge in [-0.1, -0.05) is 18.2 Å². The molecule has 92 valence electrons. The van der Waals surface area contributed by atoms with Crippen LogP contribution in [0.4, 0.5) is 8.78 Å². The molecular formula is C14H9BrF2O. The maximum atomic E-state index is 13.7. The van der Waals surface area contributed by atoms with E-state index in [4.69, 9.17) is 0 Å². The Kier molecular flexibility index (Phi) is 3.87. The first-order valence-corrected chi connectivity index (χ1v) is 6.09. The van der Waals surface area contributed by atoms with Gasteiger partial charge in [0.2, 0.25) is 0 Å². The highest BCUT2D eigenvalue weighted by Crippen LogP contribution is 2.20. The van der Waals surface area contributed by atoms with Crippen LogP contribution in [0.2, 0.25) is 0 Å². The Labute approximate surface area is 112 Å². The number of hydrogen-bond donors (Lipinski definition) is 0. The van der Waals surface area contributed by atoms with Gasteiger partial charge in [0.25, 0.3) is 0 Å². The standard InChI is InChI=1S/C14H9BrF2O/c15-12-6-2-5-11(14(12)17)13(18)8-9-3-1-4-10(16)7-9/h1-7H,8H2. The number of carbonyl (C=O) groups is 1. The van der Waals surface area contributed by atoms with Crippen LogP contribution in [0.1, 0.15) is 15.9 Å². The zero-order valence-corrected chi connectivity index (χ0v) is 10.9. The third-order valence-electron chi connectivity index (χ3n) is 2.51. The van der Waals surface area contributed by atoms with Gasteiger partial charge >= 0.3 is 0 Å². The topological polar surface area (TPSA) is 17.1 Å². The molecular weight excluding hydrogens is 302 g/mol. The van der Waals surface area contributed by atoms with Crippen molar-refractivity contribution in [3.05, 3.63) is 69.7 Å². The van der Waals surface area contributed by atoms with E-state index in [1.165, 1.54) is 30.3 Å². The average Bonchev–Trinajstić information content (AvgIpc) is 2.32. The van der Waals surface area contributed by atoms with Crippen molar-refractivity contribution in [1.29, 1.82) is 0 Å². The van der Waals surface area contributed by atoms with Crippen molar-refractivity contribution < 1.29 is 13.6 Å². The Morgan fingerprint density at radius 2 is 1.83 bits per heavy atom. The van der Waals surface area contributed by atoms with Crippen molar-refractivity contribution in [2.24, 2.45) is 0 Å². The molecule has 0 saturated heterocycles. The molecule has 2 aromatic rings. The van der Waals surface area contributed by atoms with E-state index < -0.39 is 11.6 Å². The minimum Gasteiger partial charge on any atom is -0.294 e. The number of rotatable bonds is 3. The first kappa shape index (κ1) is 12.9. The van der Waals surface area contributed by atoms with Crippen LogP contribution in [-0.2, 0) is 6.42 Å². The maximum absolute atomic E-state index is 13.7. The van der Waals surface area contributed by atoms with E-state index in [1.807, 2.05) is 0 Å². The van der Waals surface area contributed by atoms with Gasteiger partial charge < -0.3 is 0 Å². The Morgan fingerprint density at radius 1 is 1.11 bits per heavy atom. The van der Waals surface area contributed by atoms with Crippen LogP contribution in [0.25, 0.3) is 0 Å². The van der Waals surface area contributed by atoms with Gasteiger partial charge in [0.1, 0.15) is 11.6 Å². The number of carbonyl (C=O) groups excluding carboxylic acids is 1. The molecule has 0 bridgehead atoms. The van der Waals surface area contributed by atoms with Gasteiger partial charge in [-0.2, -0.15) is 0 Å². The number of benzene rings is 2. The molecule has 2 rings (SSSR count). The second-order valence-corrected chi connectivity index (χ2v) is 4.69. The van der Waals surface area contributed by atoms with Crippen LogP contribution < -0.4 is 0 Å². The fourth-order valence-electron chi connectivity index (χ4n) is 1.65. The average molecular weight is 311 g/mol. The second-order valence-electron chi connectivity index (χ2n) is 3.83. The summed E-state index contributed by atoms with van der Waals surface area (Å²) in [6.45, 7) is 0. The fraction of sp³-hybridized carbons (Fsp3) is 0.0714. The van der Waals surface area contributed by atoms with E-state index in [0.717, 1.165) is 0 Å². The number of ketones is 1. The maximum Gasteiger partial charge on any atom is 0.170 e. The molecule has 0 amide bonds. The highest BCUT2D eigenvalue weighted by Gasteiger charge is 2.14. The van der Waals surface area contributed by atoms with Gasteiger partial charge in [0.05, 0.1) is 10.0 Å². The van der Waals surface area contributed by atoms with E-state index in [1.54, 1.807) is 12.1 Å². The highest BCUT2D eigenvalue weighted by molar-refractivity contribution is 9.10. The fourth-order valence-corrected chi connectivity index (χ4v) is 2.01. The van der Waals surface area contributed by atoms with Gasteiger partial charge in [-0.3, -0.25) is 4.79 Å². The summed E-state index contributed by atoms with van der Waals surface area (Å²) < 4.78 is 26.9. The molecule has 4 heteroatoms. The zero-order chi connectivity index (χ0) is 13.1. The summed E-state index contributed by atoms with van der Waals surface area (Å²) in [4.78, 5) is 11.9. The SMILES string of the molecule is O=C(Cc1cccc(F)c1)c1cccc(Br)c1F. The third kappa shape index (κ3) is 2.82. The van der Waals surface area contributed by atoms with Crippen molar-refractivity contribution in [3.63, 3.8) is 0 Å². The minimum atomic E-state index is -0.584. The van der Waals surface area contributed by atoms with Crippen LogP contribution in [0.5, 0.6) is 0 Å². The lowest BCUT2D eigenvalue weighted by molar-refractivity contribution is 0.0989. The predicted octanol–water partition coefficient (Wildman–Crippen LogP) is 4.15. The summed E-state index contributed by atoms with van der Waals surface area (Å²) >= 11 is 3.02. The summed E-state index contributed by atoms with van der Waals surface area (Å²) in [5, 5.41) is 0. The van der Waals surface area contributed by atoms with E-state index in [2.05, 4.69) is 15.9 Å². The summed E-state index contributed by atoms with van der Waals surface area (Å²) in [7, 11) is 0. The summed E-state index contributed by atoms with van der Waals surface area (Å²) in [6.07, 6.45) is -0.0227. The molecule has 0 radical (unpaired) electrons. The Hall–Kier alpha value is -1.55. The molecule has 0 N–H and O–H groups in total. The Morgan fingerprint density at radius 3 is 2.56 bits per heavy atom. The minimum absolute atomic E-state index is 0.00800. The van der Waals surface area contributed by atoms with Gasteiger partial charge in [-0.05, 0) is 45.8 Å². The summed E-state index contributed by atoms with van der Waals surface area (Å²) in [6, 6.07) is 10.3. The van der Waals surface area contributed by atoms with Crippen LogP contribution in [0, 0.1) is 11.6 Å². The second kappa shape index (κ2) is 5.40. The molecule has 0 aliphatic heterocycles. The molecule has 0 aliphatic rings. The molecule has 0 unspecified atom stereocenters. The molecule has 0 saturated carbocycles. The molecule has 0 heterocycles. The highest BCUT2D eigenvalue weighted by atomic mass is 79.9. The first-order valence-electron chi connectivity index (χ1n) is 5.29. The molecule has 0 aromatic heterocycles. The monoisotopic (exact) mass is 310 g/mol. The molecule has 0 atom stereocenters. The molecule has 18 heavy (non-hydrogen) atoms. The largest absolute Gasteiger partial charge is 0.294 e. The normalized spacial score (nSPS) is 10.4. The van der Waals surface area contributed by atoms with E-state index in [9.17, 15) is 13.6 Å². The Bertz CT molecular complexity index is 596. The van der Waals surface area contributed by atoms with Gasteiger partial charge in [0, 0.05) is 6.42 Å². The number of Topliss-reactive ketones (excluding diaryl/α,β-unsaturated/α-hetero) is 1. The van der Waals surface area contributed by atoms with E-state index in [0.29, 0.717) is 5.56 Å².